The molecule has 0 radical (unpaired) electrons. The van der Waals surface area contributed by atoms with Gasteiger partial charge in [0.05, 0.1) is 5.57 Å². The lowest BCUT2D eigenvalue weighted by Gasteiger charge is -2.17. The van der Waals surface area contributed by atoms with Crippen LogP contribution in [-0.4, -0.2) is 21.3 Å². The molecular formula is C25H32O4. The van der Waals surface area contributed by atoms with Gasteiger partial charge in [0, 0.05) is 5.92 Å². The summed E-state index contributed by atoms with van der Waals surface area (Å²) in [4.78, 5) is 11.3. The average molecular weight is 397 g/mol. The molecule has 0 saturated heterocycles. The largest absolute Gasteiger partial charge is 0.508 e. The molecule has 0 aliphatic carbocycles. The molecule has 4 nitrogen and oxygen atoms in total. The van der Waals surface area contributed by atoms with Crippen molar-refractivity contribution in [2.45, 2.75) is 40.5 Å². The monoisotopic (exact) mass is 396 g/mol. The number of allylic oxidation sites excluding steroid dienone is 3. The van der Waals surface area contributed by atoms with Crippen molar-refractivity contribution in [1.29, 1.82) is 0 Å². The molecule has 1 atom stereocenters. The molecule has 0 fully saturated rings. The number of aryl methyl sites for hydroxylation is 1. The van der Waals surface area contributed by atoms with Crippen molar-refractivity contribution in [2.24, 2.45) is 0 Å². The van der Waals surface area contributed by atoms with Crippen molar-refractivity contribution in [1.82, 2.24) is 0 Å². The van der Waals surface area contributed by atoms with Crippen LogP contribution in [0.3, 0.4) is 0 Å². The van der Waals surface area contributed by atoms with Crippen LogP contribution in [0, 0.1) is 6.92 Å². The number of hydrogen-bond donors (Lipinski definition) is 3. The Balaban J connectivity index is 0.000000649. The van der Waals surface area contributed by atoms with E-state index in [0.717, 1.165) is 11.1 Å². The summed E-state index contributed by atoms with van der Waals surface area (Å²) in [5, 5.41) is 27.3. The first-order chi connectivity index (χ1) is 13.8. The third-order valence-electron chi connectivity index (χ3n) is 4.03. The van der Waals surface area contributed by atoms with Crippen LogP contribution in [0.4, 0.5) is 0 Å². The Morgan fingerprint density at radius 3 is 1.76 bits per heavy atom. The third kappa shape index (κ3) is 8.98. The maximum Gasteiger partial charge on any atom is 0.335 e. The highest BCUT2D eigenvalue weighted by atomic mass is 16.4. The van der Waals surface area contributed by atoms with E-state index in [2.05, 4.69) is 6.58 Å². The SMILES string of the molecule is C=C/C=C(C(=O)O)\C(=C/C)C(C)c1ccc(O)cc1.CC.Cc1ccc(O)cc1. The van der Waals surface area contributed by atoms with Gasteiger partial charge in [0.1, 0.15) is 11.5 Å². The Morgan fingerprint density at radius 1 is 0.966 bits per heavy atom. The fourth-order valence-electron chi connectivity index (χ4n) is 2.53. The number of carboxylic acid groups (broad SMARTS) is 1. The topological polar surface area (TPSA) is 77.8 Å². The van der Waals surface area contributed by atoms with E-state index in [1.165, 1.54) is 17.7 Å². The quantitative estimate of drug-likeness (QED) is 0.405. The zero-order chi connectivity index (χ0) is 22.4. The second kappa shape index (κ2) is 13.8. The first kappa shape index (κ1) is 25.7. The molecule has 29 heavy (non-hydrogen) atoms. The standard InChI is InChI=1S/C16H18O3.C7H8O.C2H6/c1-4-6-15(16(18)19)14(5-2)11(3)12-7-9-13(17)10-8-12;1-6-2-4-7(8)5-3-6;1-2/h4-11,17H,1H2,2-3H3,(H,18,19);2-5,8H,1H3;1-2H3/b14-5-,15-6+;;. The summed E-state index contributed by atoms with van der Waals surface area (Å²) in [5.41, 5.74) is 3.07. The second-order valence-corrected chi connectivity index (χ2v) is 6.01. The fraction of sp³-hybridized carbons (Fsp3) is 0.240. The summed E-state index contributed by atoms with van der Waals surface area (Å²) >= 11 is 0. The lowest BCUT2D eigenvalue weighted by Crippen LogP contribution is -2.09. The minimum Gasteiger partial charge on any atom is -0.508 e. The van der Waals surface area contributed by atoms with Crippen LogP contribution < -0.4 is 0 Å². The molecule has 0 aliphatic rings. The molecule has 0 amide bonds. The van der Waals surface area contributed by atoms with Gasteiger partial charge in [-0.3, -0.25) is 0 Å². The maximum absolute atomic E-state index is 11.3. The molecule has 2 aromatic rings. The summed E-state index contributed by atoms with van der Waals surface area (Å²) in [6.45, 7) is 13.3. The highest BCUT2D eigenvalue weighted by molar-refractivity contribution is 5.92. The number of rotatable bonds is 5. The zero-order valence-corrected chi connectivity index (χ0v) is 17.9. The summed E-state index contributed by atoms with van der Waals surface area (Å²) in [6, 6.07) is 13.9. The van der Waals surface area contributed by atoms with Crippen molar-refractivity contribution in [2.75, 3.05) is 0 Å². The van der Waals surface area contributed by atoms with Crippen LogP contribution in [0.2, 0.25) is 0 Å². The van der Waals surface area contributed by atoms with E-state index < -0.39 is 5.97 Å². The van der Waals surface area contributed by atoms with Crippen LogP contribution >= 0.6 is 0 Å². The minimum absolute atomic E-state index is 0.0760. The normalized spacial score (nSPS) is 11.9. The number of phenols is 2. The first-order valence-electron chi connectivity index (χ1n) is 9.57. The molecular weight excluding hydrogens is 364 g/mol. The van der Waals surface area contributed by atoms with Crippen molar-refractivity contribution in [3.63, 3.8) is 0 Å². The highest BCUT2D eigenvalue weighted by Crippen LogP contribution is 2.30. The smallest absolute Gasteiger partial charge is 0.335 e. The van der Waals surface area contributed by atoms with Gasteiger partial charge in [0.2, 0.25) is 0 Å². The van der Waals surface area contributed by atoms with Crippen LogP contribution in [0.1, 0.15) is 44.7 Å². The van der Waals surface area contributed by atoms with Crippen LogP contribution in [0.15, 0.2) is 84.5 Å². The van der Waals surface area contributed by atoms with Crippen molar-refractivity contribution in [3.05, 3.63) is 95.6 Å². The molecule has 4 heteroatoms. The molecule has 1 unspecified atom stereocenters. The van der Waals surface area contributed by atoms with Crippen LogP contribution in [0.5, 0.6) is 11.5 Å². The fourth-order valence-corrected chi connectivity index (χ4v) is 2.53. The molecule has 0 bridgehead atoms. The molecule has 0 aliphatic heterocycles. The van der Waals surface area contributed by atoms with Crippen molar-refractivity contribution in [3.8, 4) is 11.5 Å². The van der Waals surface area contributed by atoms with E-state index in [-0.39, 0.29) is 17.2 Å². The molecule has 0 aromatic heterocycles. The Morgan fingerprint density at radius 2 is 1.41 bits per heavy atom. The summed E-state index contributed by atoms with van der Waals surface area (Å²) in [6.07, 6.45) is 4.76. The van der Waals surface area contributed by atoms with Crippen LogP contribution in [0.25, 0.3) is 0 Å². The number of benzene rings is 2. The van der Waals surface area contributed by atoms with Crippen LogP contribution in [-0.2, 0) is 4.79 Å². The number of phenolic OH excluding ortho intramolecular Hbond substituents is 2. The third-order valence-corrected chi connectivity index (χ3v) is 4.03. The van der Waals surface area contributed by atoms with E-state index in [4.69, 9.17) is 5.11 Å². The second-order valence-electron chi connectivity index (χ2n) is 6.01. The molecule has 156 valence electrons. The predicted octanol–water partition coefficient (Wildman–Crippen LogP) is 6.37. The lowest BCUT2D eigenvalue weighted by atomic mass is 9.87. The van der Waals surface area contributed by atoms with E-state index in [1.807, 2.05) is 46.8 Å². The zero-order valence-electron chi connectivity index (χ0n) is 17.9. The molecule has 0 saturated carbocycles. The Bertz CT molecular complexity index is 792. The minimum atomic E-state index is -0.973. The predicted molar refractivity (Wildman–Crippen MR) is 120 cm³/mol. The Kier molecular flexibility index (Phi) is 12.3. The van der Waals surface area contributed by atoms with Gasteiger partial charge in [-0.1, -0.05) is 69.3 Å². The summed E-state index contributed by atoms with van der Waals surface area (Å²) in [7, 11) is 0. The maximum atomic E-state index is 11.3. The average Bonchev–Trinajstić information content (AvgIpc) is 2.72. The van der Waals surface area contributed by atoms with Gasteiger partial charge in [-0.05, 0) is 55.3 Å². The van der Waals surface area contributed by atoms with E-state index >= 15 is 0 Å². The van der Waals surface area contributed by atoms with Gasteiger partial charge in [-0.2, -0.15) is 0 Å². The van der Waals surface area contributed by atoms with Gasteiger partial charge in [0.15, 0.2) is 0 Å². The first-order valence-corrected chi connectivity index (χ1v) is 9.57. The van der Waals surface area contributed by atoms with Crippen molar-refractivity contribution < 1.29 is 20.1 Å². The lowest BCUT2D eigenvalue weighted by molar-refractivity contribution is -0.132. The van der Waals surface area contributed by atoms with E-state index in [1.54, 1.807) is 42.5 Å². The van der Waals surface area contributed by atoms with Gasteiger partial charge in [-0.25, -0.2) is 4.79 Å². The highest BCUT2D eigenvalue weighted by Gasteiger charge is 2.19. The summed E-state index contributed by atoms with van der Waals surface area (Å²) < 4.78 is 0. The van der Waals surface area contributed by atoms with E-state index in [0.29, 0.717) is 5.75 Å². The number of aliphatic carboxylic acids is 1. The van der Waals surface area contributed by atoms with Gasteiger partial charge in [0.25, 0.3) is 0 Å². The molecule has 0 heterocycles. The van der Waals surface area contributed by atoms with Gasteiger partial charge >= 0.3 is 5.97 Å². The summed E-state index contributed by atoms with van der Waals surface area (Å²) in [5.74, 6) is -0.528. The Labute approximate surface area is 174 Å². The number of hydrogen-bond acceptors (Lipinski definition) is 3. The molecule has 2 aromatic carbocycles. The molecule has 3 N–H and O–H groups in total. The Hall–Kier alpha value is -3.27. The number of carboxylic acids is 1. The van der Waals surface area contributed by atoms with E-state index in [9.17, 15) is 15.0 Å². The van der Waals surface area contributed by atoms with Gasteiger partial charge < -0.3 is 15.3 Å². The van der Waals surface area contributed by atoms with Crippen molar-refractivity contribution >= 4 is 5.97 Å². The van der Waals surface area contributed by atoms with Gasteiger partial charge in [-0.15, -0.1) is 0 Å². The molecule has 2 rings (SSSR count). The number of carbonyl (C=O) groups is 1. The molecule has 0 spiro atoms. The number of aromatic hydroxyl groups is 2.